The van der Waals surface area contributed by atoms with E-state index >= 15 is 0 Å². The van der Waals surface area contributed by atoms with Gasteiger partial charge in [0.25, 0.3) is 5.91 Å². The predicted octanol–water partition coefficient (Wildman–Crippen LogP) is 3.49. The molecule has 3 nitrogen and oxygen atoms in total. The summed E-state index contributed by atoms with van der Waals surface area (Å²) < 4.78 is 40.7. The summed E-state index contributed by atoms with van der Waals surface area (Å²) in [6.45, 7) is 2.53. The highest BCUT2D eigenvalue weighted by atomic mass is 79.9. The van der Waals surface area contributed by atoms with Gasteiger partial charge in [0.05, 0.1) is 0 Å². The van der Waals surface area contributed by atoms with E-state index in [1.54, 1.807) is 10.8 Å². The molecule has 0 radical (unpaired) electrons. The Morgan fingerprint density at radius 3 is 2.63 bits per heavy atom. The van der Waals surface area contributed by atoms with Crippen LogP contribution >= 0.6 is 15.9 Å². The highest BCUT2D eigenvalue weighted by molar-refractivity contribution is 9.10. The molecule has 19 heavy (non-hydrogen) atoms. The van der Waals surface area contributed by atoms with Crippen LogP contribution in [0.3, 0.4) is 0 Å². The summed E-state index contributed by atoms with van der Waals surface area (Å²) in [5.41, 5.74) is -1.76. The van der Waals surface area contributed by atoms with E-state index < -0.39 is 17.6 Å². The number of halogens is 4. The van der Waals surface area contributed by atoms with E-state index in [1.807, 2.05) is 6.92 Å². The first-order chi connectivity index (χ1) is 8.79. The average Bonchev–Trinajstić information content (AvgIpc) is 2.97. The maximum Gasteiger partial charge on any atom is 0.411 e. The molecule has 0 unspecified atom stereocenters. The highest BCUT2D eigenvalue weighted by Crippen LogP contribution is 2.49. The SMILES string of the molecule is CCCn1cc(Br)cc1C(=O)NC1(C(F)(F)F)CC1. The second-order valence-electron chi connectivity index (χ2n) is 4.77. The molecule has 7 heteroatoms. The Hall–Kier alpha value is -0.980. The number of hydrogen-bond donors (Lipinski definition) is 1. The third-order valence-electron chi connectivity index (χ3n) is 3.21. The van der Waals surface area contributed by atoms with Gasteiger partial charge in [0.15, 0.2) is 0 Å². The lowest BCUT2D eigenvalue weighted by molar-refractivity contribution is -0.163. The zero-order chi connectivity index (χ0) is 14.3. The van der Waals surface area contributed by atoms with Gasteiger partial charge in [-0.2, -0.15) is 13.2 Å². The molecule has 0 saturated heterocycles. The van der Waals surface area contributed by atoms with Crippen LogP contribution in [0.4, 0.5) is 13.2 Å². The first-order valence-electron chi connectivity index (χ1n) is 6.04. The van der Waals surface area contributed by atoms with E-state index in [-0.39, 0.29) is 18.5 Å². The van der Waals surface area contributed by atoms with Gasteiger partial charge in [-0.05, 0) is 41.3 Å². The van der Waals surface area contributed by atoms with Gasteiger partial charge in [0.2, 0.25) is 0 Å². The van der Waals surface area contributed by atoms with Crippen molar-refractivity contribution in [2.45, 2.75) is 44.4 Å². The van der Waals surface area contributed by atoms with Crippen LogP contribution in [0.25, 0.3) is 0 Å². The summed E-state index contributed by atoms with van der Waals surface area (Å²) in [4.78, 5) is 12.0. The second-order valence-corrected chi connectivity index (χ2v) is 5.69. The molecule has 0 aromatic carbocycles. The molecule has 0 bridgehead atoms. The van der Waals surface area contributed by atoms with Crippen LogP contribution in [0.2, 0.25) is 0 Å². The molecular weight excluding hydrogens is 325 g/mol. The maximum atomic E-state index is 12.8. The Balaban J connectivity index is 2.17. The van der Waals surface area contributed by atoms with E-state index in [0.717, 1.165) is 6.42 Å². The summed E-state index contributed by atoms with van der Waals surface area (Å²) in [5.74, 6) is -0.672. The minimum Gasteiger partial charge on any atom is -0.342 e. The number of amides is 1. The molecule has 1 heterocycles. The summed E-state index contributed by atoms with van der Waals surface area (Å²) in [7, 11) is 0. The largest absolute Gasteiger partial charge is 0.411 e. The van der Waals surface area contributed by atoms with Crippen molar-refractivity contribution in [3.8, 4) is 0 Å². The van der Waals surface area contributed by atoms with Gasteiger partial charge in [-0.15, -0.1) is 0 Å². The van der Waals surface area contributed by atoms with Gasteiger partial charge < -0.3 is 9.88 Å². The smallest absolute Gasteiger partial charge is 0.342 e. The number of nitrogens with zero attached hydrogens (tertiary/aromatic N) is 1. The Morgan fingerprint density at radius 1 is 1.53 bits per heavy atom. The molecule has 1 fully saturated rings. The van der Waals surface area contributed by atoms with Gasteiger partial charge >= 0.3 is 6.18 Å². The number of aryl methyl sites for hydroxylation is 1. The second kappa shape index (κ2) is 4.85. The molecule has 106 valence electrons. The summed E-state index contributed by atoms with van der Waals surface area (Å²) >= 11 is 3.23. The van der Waals surface area contributed by atoms with Crippen LogP contribution in [0.15, 0.2) is 16.7 Å². The van der Waals surface area contributed by atoms with Gasteiger partial charge in [-0.25, -0.2) is 0 Å². The number of carbonyl (C=O) groups excluding carboxylic acids is 1. The van der Waals surface area contributed by atoms with Crippen LogP contribution in [0.1, 0.15) is 36.7 Å². The summed E-state index contributed by atoms with van der Waals surface area (Å²) in [6.07, 6.45) is -1.98. The van der Waals surface area contributed by atoms with Gasteiger partial charge in [-0.1, -0.05) is 6.92 Å². The molecule has 1 saturated carbocycles. The van der Waals surface area contributed by atoms with Crippen molar-refractivity contribution in [3.63, 3.8) is 0 Å². The molecule has 1 amide bonds. The van der Waals surface area contributed by atoms with Crippen molar-refractivity contribution in [3.05, 3.63) is 22.4 Å². The first-order valence-corrected chi connectivity index (χ1v) is 6.83. The molecule has 1 aromatic heterocycles. The van der Waals surface area contributed by atoms with Crippen molar-refractivity contribution in [1.29, 1.82) is 0 Å². The Morgan fingerprint density at radius 2 is 2.16 bits per heavy atom. The molecule has 2 rings (SSSR count). The molecule has 1 aliphatic rings. The van der Waals surface area contributed by atoms with Crippen molar-refractivity contribution in [2.75, 3.05) is 0 Å². The quantitative estimate of drug-likeness (QED) is 0.895. The Labute approximate surface area is 117 Å². The fourth-order valence-corrected chi connectivity index (χ4v) is 2.44. The standard InChI is InChI=1S/C12H14BrF3N2O/c1-2-5-18-7-8(13)6-9(18)10(19)17-11(3-4-11)12(14,15)16/h6-7H,2-5H2,1H3,(H,17,19). The van der Waals surface area contributed by atoms with Crippen LogP contribution in [-0.4, -0.2) is 22.2 Å². The van der Waals surface area contributed by atoms with E-state index in [1.165, 1.54) is 6.07 Å². The highest BCUT2D eigenvalue weighted by Gasteiger charge is 2.64. The zero-order valence-electron chi connectivity index (χ0n) is 10.4. The Kier molecular flexibility index (Phi) is 3.68. The number of nitrogens with one attached hydrogen (secondary N) is 1. The van der Waals surface area contributed by atoms with Crippen LogP contribution in [0.5, 0.6) is 0 Å². The predicted molar refractivity (Wildman–Crippen MR) is 67.9 cm³/mol. The molecule has 1 N–H and O–H groups in total. The van der Waals surface area contributed by atoms with Crippen LogP contribution < -0.4 is 5.32 Å². The van der Waals surface area contributed by atoms with Crippen molar-refractivity contribution >= 4 is 21.8 Å². The van der Waals surface area contributed by atoms with E-state index in [2.05, 4.69) is 21.2 Å². The van der Waals surface area contributed by atoms with Gasteiger partial charge in [0, 0.05) is 17.2 Å². The van der Waals surface area contributed by atoms with Crippen molar-refractivity contribution < 1.29 is 18.0 Å². The van der Waals surface area contributed by atoms with Crippen molar-refractivity contribution in [2.24, 2.45) is 0 Å². The topological polar surface area (TPSA) is 34.0 Å². The molecule has 0 atom stereocenters. The minimum atomic E-state index is -4.39. The fraction of sp³-hybridized carbons (Fsp3) is 0.583. The van der Waals surface area contributed by atoms with Gasteiger partial charge in [0.1, 0.15) is 11.2 Å². The first kappa shape index (κ1) is 14.4. The third-order valence-corrected chi connectivity index (χ3v) is 3.64. The lowest BCUT2D eigenvalue weighted by Gasteiger charge is -2.21. The maximum absolute atomic E-state index is 12.8. The molecule has 0 aliphatic heterocycles. The Bertz CT molecular complexity index is 492. The summed E-state index contributed by atoms with van der Waals surface area (Å²) in [5, 5.41) is 2.13. The summed E-state index contributed by atoms with van der Waals surface area (Å²) in [6, 6.07) is 1.54. The average molecular weight is 339 g/mol. The van der Waals surface area contributed by atoms with Crippen molar-refractivity contribution in [1.82, 2.24) is 9.88 Å². The number of alkyl halides is 3. The van der Waals surface area contributed by atoms with E-state index in [0.29, 0.717) is 11.0 Å². The van der Waals surface area contributed by atoms with Crippen LogP contribution in [-0.2, 0) is 6.54 Å². The number of rotatable bonds is 4. The monoisotopic (exact) mass is 338 g/mol. The molecular formula is C12H14BrF3N2O. The lowest BCUT2D eigenvalue weighted by atomic mass is 10.2. The fourth-order valence-electron chi connectivity index (χ4n) is 1.98. The molecule has 1 aliphatic carbocycles. The molecule has 0 spiro atoms. The minimum absolute atomic E-state index is 0.0438. The molecule has 1 aromatic rings. The zero-order valence-corrected chi connectivity index (χ0v) is 11.9. The number of carbonyl (C=O) groups is 1. The van der Waals surface area contributed by atoms with Gasteiger partial charge in [-0.3, -0.25) is 4.79 Å². The lowest BCUT2D eigenvalue weighted by Crippen LogP contribution is -2.48. The van der Waals surface area contributed by atoms with E-state index in [9.17, 15) is 18.0 Å². The third kappa shape index (κ3) is 2.80. The van der Waals surface area contributed by atoms with E-state index in [4.69, 9.17) is 0 Å². The van der Waals surface area contributed by atoms with Crippen LogP contribution in [0, 0.1) is 0 Å². The normalized spacial score (nSPS) is 17.3. The number of aromatic nitrogens is 1. The number of hydrogen-bond acceptors (Lipinski definition) is 1.